The minimum Gasteiger partial charge on any atom is -0.494 e. The summed E-state index contributed by atoms with van der Waals surface area (Å²) in [6, 6.07) is 9.88. The van der Waals surface area contributed by atoms with Crippen LogP contribution in [0.4, 0.5) is 4.39 Å². The first-order valence-electron chi connectivity index (χ1n) is 9.35. The summed E-state index contributed by atoms with van der Waals surface area (Å²) in [4.78, 5) is 28.5. The fourth-order valence-corrected chi connectivity index (χ4v) is 3.33. The van der Waals surface area contributed by atoms with Gasteiger partial charge in [0.1, 0.15) is 16.9 Å². The first-order chi connectivity index (χ1) is 14.5. The number of benzene rings is 2. The monoisotopic (exact) mass is 411 g/mol. The van der Waals surface area contributed by atoms with Crippen molar-refractivity contribution in [3.63, 3.8) is 0 Å². The van der Waals surface area contributed by atoms with Crippen LogP contribution in [0.2, 0.25) is 0 Å². The maximum absolute atomic E-state index is 13.2. The number of carbonyl (C=O) groups is 2. The van der Waals surface area contributed by atoms with E-state index in [2.05, 4.69) is 4.98 Å². The van der Waals surface area contributed by atoms with E-state index < -0.39 is 5.97 Å². The third-order valence-electron chi connectivity index (χ3n) is 4.83. The quantitative estimate of drug-likeness (QED) is 0.550. The van der Waals surface area contributed by atoms with Crippen molar-refractivity contribution in [2.24, 2.45) is 0 Å². The van der Waals surface area contributed by atoms with Crippen LogP contribution in [-0.4, -0.2) is 38.3 Å². The zero-order valence-corrected chi connectivity index (χ0v) is 17.0. The van der Waals surface area contributed by atoms with E-state index in [1.165, 1.54) is 33.5 Å². The Morgan fingerprint density at radius 3 is 2.37 bits per heavy atom. The number of pyridine rings is 1. The number of hydrogen-bond acceptors (Lipinski definition) is 6. The minimum absolute atomic E-state index is 0.154. The predicted molar refractivity (Wildman–Crippen MR) is 109 cm³/mol. The molecule has 0 saturated heterocycles. The van der Waals surface area contributed by atoms with Gasteiger partial charge in [-0.15, -0.1) is 0 Å². The second-order valence-corrected chi connectivity index (χ2v) is 6.73. The molecule has 156 valence electrons. The molecule has 6 nitrogen and oxygen atoms in total. The average molecular weight is 411 g/mol. The van der Waals surface area contributed by atoms with Gasteiger partial charge in [0.05, 0.1) is 21.3 Å². The van der Waals surface area contributed by atoms with Gasteiger partial charge < -0.3 is 14.2 Å². The van der Waals surface area contributed by atoms with Crippen LogP contribution in [0.15, 0.2) is 42.6 Å². The molecule has 2 aromatic carbocycles. The molecule has 3 rings (SSSR count). The molecule has 0 atom stereocenters. The molecule has 0 fully saturated rings. The van der Waals surface area contributed by atoms with Crippen LogP contribution in [0, 0.1) is 5.82 Å². The van der Waals surface area contributed by atoms with Crippen molar-refractivity contribution in [3.8, 4) is 5.75 Å². The van der Waals surface area contributed by atoms with Gasteiger partial charge in [0, 0.05) is 18.0 Å². The summed E-state index contributed by atoms with van der Waals surface area (Å²) >= 11 is 0. The summed E-state index contributed by atoms with van der Waals surface area (Å²) in [5.41, 5.74) is 3.34. The third-order valence-corrected chi connectivity index (χ3v) is 4.83. The van der Waals surface area contributed by atoms with E-state index in [-0.39, 0.29) is 23.8 Å². The van der Waals surface area contributed by atoms with Crippen LogP contribution in [0.25, 0.3) is 10.9 Å². The molecule has 0 aliphatic rings. The number of esters is 2. The van der Waals surface area contributed by atoms with Gasteiger partial charge in [-0.25, -0.2) is 9.18 Å². The van der Waals surface area contributed by atoms with Gasteiger partial charge in [0.25, 0.3) is 0 Å². The highest BCUT2D eigenvalue weighted by Gasteiger charge is 2.21. The molecule has 0 amide bonds. The third kappa shape index (κ3) is 4.56. The van der Waals surface area contributed by atoms with Crippen molar-refractivity contribution in [3.05, 3.63) is 70.7 Å². The SMILES string of the molecule is COC(=O)CCc1cc(C(=O)OC)c(OC)c2ncc(Cc3ccc(F)cc3)cc12. The zero-order valence-electron chi connectivity index (χ0n) is 17.0. The van der Waals surface area contributed by atoms with Crippen molar-refractivity contribution in [2.45, 2.75) is 19.3 Å². The topological polar surface area (TPSA) is 74.7 Å². The maximum atomic E-state index is 13.2. The van der Waals surface area contributed by atoms with Gasteiger partial charge in [-0.3, -0.25) is 9.78 Å². The molecule has 0 unspecified atom stereocenters. The number of aryl methyl sites for hydroxylation is 1. The first kappa shape index (κ1) is 21.2. The Labute approximate surface area is 173 Å². The summed E-state index contributed by atoms with van der Waals surface area (Å²) in [5.74, 6) is -0.883. The molecule has 0 aliphatic heterocycles. The van der Waals surface area contributed by atoms with Gasteiger partial charge in [-0.1, -0.05) is 12.1 Å². The number of hydrogen-bond donors (Lipinski definition) is 0. The number of carbonyl (C=O) groups excluding carboxylic acids is 2. The highest BCUT2D eigenvalue weighted by molar-refractivity contribution is 6.01. The van der Waals surface area contributed by atoms with E-state index in [1.807, 2.05) is 6.07 Å². The molecular weight excluding hydrogens is 389 g/mol. The Kier molecular flexibility index (Phi) is 6.61. The van der Waals surface area contributed by atoms with Crippen LogP contribution < -0.4 is 4.74 Å². The van der Waals surface area contributed by atoms with Gasteiger partial charge in [-0.2, -0.15) is 0 Å². The number of rotatable bonds is 7. The molecule has 0 bridgehead atoms. The van der Waals surface area contributed by atoms with Gasteiger partial charge in [0.2, 0.25) is 0 Å². The molecule has 7 heteroatoms. The Morgan fingerprint density at radius 2 is 1.73 bits per heavy atom. The summed E-state index contributed by atoms with van der Waals surface area (Å²) < 4.78 is 28.2. The molecule has 30 heavy (non-hydrogen) atoms. The van der Waals surface area contributed by atoms with Crippen LogP contribution in [0.3, 0.4) is 0 Å². The number of halogens is 1. The molecule has 1 heterocycles. The van der Waals surface area contributed by atoms with E-state index >= 15 is 0 Å². The lowest BCUT2D eigenvalue weighted by molar-refractivity contribution is -0.140. The number of ether oxygens (including phenoxy) is 3. The van der Waals surface area contributed by atoms with Gasteiger partial charge in [-0.05, 0) is 53.8 Å². The molecule has 0 aliphatic carbocycles. The lowest BCUT2D eigenvalue weighted by Gasteiger charge is -2.15. The second-order valence-electron chi connectivity index (χ2n) is 6.73. The Morgan fingerprint density at radius 1 is 1.00 bits per heavy atom. The fraction of sp³-hybridized carbons (Fsp3) is 0.261. The van der Waals surface area contributed by atoms with Crippen molar-refractivity contribution >= 4 is 22.8 Å². The molecule has 0 N–H and O–H groups in total. The first-order valence-corrected chi connectivity index (χ1v) is 9.35. The van der Waals surface area contributed by atoms with Crippen LogP contribution >= 0.6 is 0 Å². The Balaban J connectivity index is 2.10. The summed E-state index contributed by atoms with van der Waals surface area (Å²) in [7, 11) is 4.08. The molecule has 0 saturated carbocycles. The molecular formula is C23H22FNO5. The van der Waals surface area contributed by atoms with Crippen molar-refractivity contribution in [1.82, 2.24) is 4.98 Å². The van der Waals surface area contributed by atoms with E-state index in [9.17, 15) is 14.0 Å². The van der Waals surface area contributed by atoms with E-state index in [0.717, 1.165) is 22.1 Å². The molecule has 0 spiro atoms. The Bertz CT molecular complexity index is 1080. The van der Waals surface area contributed by atoms with E-state index in [4.69, 9.17) is 14.2 Å². The minimum atomic E-state index is -0.551. The van der Waals surface area contributed by atoms with Gasteiger partial charge >= 0.3 is 11.9 Å². The normalized spacial score (nSPS) is 10.7. The standard InChI is InChI=1S/C23H22FNO5/c1-28-20(26)9-6-16-12-19(23(27)30-3)22(29-2)21-18(16)11-15(13-25-21)10-14-4-7-17(24)8-5-14/h4-5,7-8,11-13H,6,9-10H2,1-3H3. The van der Waals surface area contributed by atoms with Crippen LogP contribution in [0.5, 0.6) is 5.75 Å². The highest BCUT2D eigenvalue weighted by atomic mass is 19.1. The molecule has 3 aromatic rings. The summed E-state index contributed by atoms with van der Waals surface area (Å²) in [5, 5.41) is 0.767. The number of nitrogens with zero attached hydrogens (tertiary/aromatic N) is 1. The van der Waals surface area contributed by atoms with Gasteiger partial charge in [0.15, 0.2) is 5.75 Å². The second kappa shape index (κ2) is 9.35. The van der Waals surface area contributed by atoms with E-state index in [0.29, 0.717) is 24.1 Å². The largest absolute Gasteiger partial charge is 0.494 e. The number of aromatic nitrogens is 1. The smallest absolute Gasteiger partial charge is 0.341 e. The summed E-state index contributed by atoms with van der Waals surface area (Å²) in [6.07, 6.45) is 2.76. The van der Waals surface area contributed by atoms with Crippen molar-refractivity contribution in [2.75, 3.05) is 21.3 Å². The van der Waals surface area contributed by atoms with E-state index in [1.54, 1.807) is 24.4 Å². The Hall–Kier alpha value is -3.48. The lowest BCUT2D eigenvalue weighted by Crippen LogP contribution is -2.08. The van der Waals surface area contributed by atoms with Crippen LogP contribution in [0.1, 0.15) is 33.5 Å². The molecule has 1 aromatic heterocycles. The van der Waals surface area contributed by atoms with Crippen molar-refractivity contribution < 1.29 is 28.2 Å². The maximum Gasteiger partial charge on any atom is 0.341 e. The lowest BCUT2D eigenvalue weighted by atomic mass is 9.96. The van der Waals surface area contributed by atoms with Crippen molar-refractivity contribution in [1.29, 1.82) is 0 Å². The summed E-state index contributed by atoms with van der Waals surface area (Å²) in [6.45, 7) is 0. The fourth-order valence-electron chi connectivity index (χ4n) is 3.33. The number of fused-ring (bicyclic) bond motifs is 1. The molecule has 0 radical (unpaired) electrons. The predicted octanol–water partition coefficient (Wildman–Crippen LogP) is 3.87. The number of methoxy groups -OCH3 is 3. The average Bonchev–Trinajstić information content (AvgIpc) is 2.77. The highest BCUT2D eigenvalue weighted by Crippen LogP contribution is 2.33. The zero-order chi connectivity index (χ0) is 21.7. The van der Waals surface area contributed by atoms with Crippen LogP contribution in [-0.2, 0) is 27.1 Å².